The van der Waals surface area contributed by atoms with Crippen LogP contribution in [0.1, 0.15) is 16.7 Å². The summed E-state index contributed by atoms with van der Waals surface area (Å²) in [7, 11) is -3.00. The number of rotatable bonds is 5. The molecule has 0 bridgehead atoms. The molecule has 0 fully saturated rings. The monoisotopic (exact) mass is 354 g/mol. The Morgan fingerprint density at radius 1 is 0.720 bits per heavy atom. The zero-order valence-corrected chi connectivity index (χ0v) is 14.5. The summed E-state index contributed by atoms with van der Waals surface area (Å²) >= 11 is 0. The average molecular weight is 354 g/mol. The highest BCUT2D eigenvalue weighted by atomic mass is 32.2. The minimum absolute atomic E-state index is 0.438. The van der Waals surface area contributed by atoms with Crippen molar-refractivity contribution in [3.63, 3.8) is 0 Å². The Morgan fingerprint density at radius 3 is 1.48 bits per heavy atom. The third-order valence-electron chi connectivity index (χ3n) is 4.24. The van der Waals surface area contributed by atoms with Gasteiger partial charge in [-0.3, -0.25) is 4.55 Å². The van der Waals surface area contributed by atoms with Crippen molar-refractivity contribution in [2.24, 2.45) is 0 Å². The van der Waals surface area contributed by atoms with Crippen LogP contribution < -0.4 is 4.74 Å². The fraction of sp³-hybridized carbons (Fsp3) is 0.100. The maximum Gasteiger partial charge on any atom is 0.283 e. The first-order valence-electron chi connectivity index (χ1n) is 7.73. The Balaban J connectivity index is 2.41. The van der Waals surface area contributed by atoms with Crippen molar-refractivity contribution >= 4 is 10.1 Å². The second-order valence-electron chi connectivity index (χ2n) is 5.62. The van der Waals surface area contributed by atoms with E-state index in [0.29, 0.717) is 22.4 Å². The van der Waals surface area contributed by atoms with E-state index in [1.54, 1.807) is 92.0 Å². The SMILES string of the molecule is COc1ccc(C(c2ccccc2)(c2ccccc2)S(=O)(=O)O)cc1. The molecular weight excluding hydrogens is 336 g/mol. The van der Waals surface area contributed by atoms with Crippen LogP contribution in [0.15, 0.2) is 84.9 Å². The molecule has 0 radical (unpaired) electrons. The summed E-state index contributed by atoms with van der Waals surface area (Å²) < 4.78 is 39.3. The van der Waals surface area contributed by atoms with Gasteiger partial charge in [0.1, 0.15) is 5.75 Å². The fourth-order valence-corrected chi connectivity index (χ4v) is 4.42. The van der Waals surface area contributed by atoms with Gasteiger partial charge >= 0.3 is 0 Å². The number of hydrogen-bond acceptors (Lipinski definition) is 3. The standard InChI is InChI=1S/C20H18O4S/c1-24-19-14-12-18(13-15-19)20(25(21,22)23,16-8-4-2-5-9-16)17-10-6-3-7-11-17/h2-15H,1H3,(H,21,22,23). The minimum atomic E-state index is -4.55. The number of benzene rings is 3. The van der Waals surface area contributed by atoms with Crippen LogP contribution in [0, 0.1) is 0 Å². The minimum Gasteiger partial charge on any atom is -0.497 e. The van der Waals surface area contributed by atoms with E-state index in [4.69, 9.17) is 4.74 Å². The lowest BCUT2D eigenvalue weighted by atomic mass is 9.84. The predicted octanol–water partition coefficient (Wildman–Crippen LogP) is 3.87. The van der Waals surface area contributed by atoms with Crippen molar-refractivity contribution in [2.75, 3.05) is 7.11 Å². The second kappa shape index (κ2) is 6.70. The zero-order valence-electron chi connectivity index (χ0n) is 13.7. The molecule has 0 unspecified atom stereocenters. The molecule has 3 aromatic carbocycles. The van der Waals surface area contributed by atoms with Crippen molar-refractivity contribution in [1.29, 1.82) is 0 Å². The third-order valence-corrected chi connectivity index (χ3v) is 5.73. The largest absolute Gasteiger partial charge is 0.497 e. The molecule has 0 aliphatic carbocycles. The van der Waals surface area contributed by atoms with Crippen molar-refractivity contribution in [3.8, 4) is 5.75 Å². The Bertz CT molecular complexity index is 895. The molecule has 0 saturated heterocycles. The number of ether oxygens (including phenoxy) is 1. The second-order valence-corrected chi connectivity index (χ2v) is 7.18. The molecule has 0 heterocycles. The van der Waals surface area contributed by atoms with E-state index in [9.17, 15) is 13.0 Å². The van der Waals surface area contributed by atoms with Gasteiger partial charge in [-0.1, -0.05) is 72.8 Å². The van der Waals surface area contributed by atoms with E-state index in [0.717, 1.165) is 0 Å². The highest BCUT2D eigenvalue weighted by molar-refractivity contribution is 7.87. The normalized spacial score (nSPS) is 11.9. The first-order chi connectivity index (χ1) is 12.0. The summed E-state index contributed by atoms with van der Waals surface area (Å²) in [4.78, 5) is 0. The Labute approximate surface area is 147 Å². The number of methoxy groups -OCH3 is 1. The molecule has 4 nitrogen and oxygen atoms in total. The Hall–Kier alpha value is -2.63. The van der Waals surface area contributed by atoms with Crippen LogP contribution in [0.5, 0.6) is 5.75 Å². The molecule has 0 atom stereocenters. The maximum atomic E-state index is 12.7. The zero-order chi connectivity index (χ0) is 17.9. The van der Waals surface area contributed by atoms with E-state index in [1.807, 2.05) is 0 Å². The summed E-state index contributed by atoms with van der Waals surface area (Å²) in [6.45, 7) is 0. The van der Waals surface area contributed by atoms with Crippen molar-refractivity contribution < 1.29 is 17.7 Å². The van der Waals surface area contributed by atoms with E-state index >= 15 is 0 Å². The molecule has 0 spiro atoms. The van der Waals surface area contributed by atoms with Gasteiger partial charge in [0.05, 0.1) is 7.11 Å². The smallest absolute Gasteiger partial charge is 0.283 e. The lowest BCUT2D eigenvalue weighted by Gasteiger charge is -2.32. The average Bonchev–Trinajstić information content (AvgIpc) is 2.63. The number of hydrogen-bond donors (Lipinski definition) is 1. The fourth-order valence-electron chi connectivity index (χ4n) is 3.12. The predicted molar refractivity (Wildman–Crippen MR) is 97.3 cm³/mol. The van der Waals surface area contributed by atoms with Gasteiger partial charge in [-0.15, -0.1) is 0 Å². The molecule has 1 N–H and O–H groups in total. The molecule has 0 aliphatic rings. The third kappa shape index (κ3) is 2.92. The van der Waals surface area contributed by atoms with Gasteiger partial charge in [-0.25, -0.2) is 0 Å². The molecule has 0 aliphatic heterocycles. The summed E-state index contributed by atoms with van der Waals surface area (Å²) in [5, 5.41) is 0. The van der Waals surface area contributed by atoms with Crippen LogP contribution >= 0.6 is 0 Å². The van der Waals surface area contributed by atoms with Gasteiger partial charge in [-0.05, 0) is 28.8 Å². The van der Waals surface area contributed by atoms with Crippen LogP contribution in [-0.2, 0) is 14.9 Å². The van der Waals surface area contributed by atoms with Gasteiger partial charge in [0.2, 0.25) is 0 Å². The highest BCUT2D eigenvalue weighted by Crippen LogP contribution is 2.43. The van der Waals surface area contributed by atoms with Crippen molar-refractivity contribution in [2.45, 2.75) is 4.75 Å². The summed E-state index contributed by atoms with van der Waals surface area (Å²) in [5.74, 6) is 0.606. The van der Waals surface area contributed by atoms with Gasteiger partial charge in [-0.2, -0.15) is 8.42 Å². The Kier molecular flexibility index (Phi) is 4.61. The quantitative estimate of drug-likeness (QED) is 0.558. The van der Waals surface area contributed by atoms with Gasteiger partial charge in [0, 0.05) is 0 Å². The lowest BCUT2D eigenvalue weighted by molar-refractivity contribution is 0.414. The van der Waals surface area contributed by atoms with Crippen molar-refractivity contribution in [3.05, 3.63) is 102 Å². The molecule has 25 heavy (non-hydrogen) atoms. The molecule has 3 rings (SSSR count). The summed E-state index contributed by atoms with van der Waals surface area (Å²) in [6, 6.07) is 24.1. The van der Waals surface area contributed by atoms with E-state index in [1.165, 1.54) is 0 Å². The summed E-state index contributed by atoms with van der Waals surface area (Å²) in [6.07, 6.45) is 0. The molecule has 0 amide bonds. The van der Waals surface area contributed by atoms with Crippen LogP contribution in [0.2, 0.25) is 0 Å². The van der Waals surface area contributed by atoms with Gasteiger partial charge < -0.3 is 4.74 Å². The van der Waals surface area contributed by atoms with E-state index < -0.39 is 14.9 Å². The van der Waals surface area contributed by atoms with Gasteiger partial charge in [0.15, 0.2) is 4.75 Å². The highest BCUT2D eigenvalue weighted by Gasteiger charge is 2.48. The lowest BCUT2D eigenvalue weighted by Crippen LogP contribution is -2.38. The first-order valence-corrected chi connectivity index (χ1v) is 9.17. The van der Waals surface area contributed by atoms with Crippen LogP contribution in [-0.4, -0.2) is 20.1 Å². The maximum absolute atomic E-state index is 12.7. The van der Waals surface area contributed by atoms with E-state index in [-0.39, 0.29) is 0 Å². The molecular formula is C20H18O4S. The van der Waals surface area contributed by atoms with Crippen LogP contribution in [0.3, 0.4) is 0 Å². The first kappa shape index (κ1) is 17.2. The van der Waals surface area contributed by atoms with Crippen LogP contribution in [0.25, 0.3) is 0 Å². The molecule has 3 aromatic rings. The van der Waals surface area contributed by atoms with Gasteiger partial charge in [0.25, 0.3) is 10.1 Å². The molecule has 5 heteroatoms. The molecule has 0 saturated carbocycles. The molecule has 0 aromatic heterocycles. The Morgan fingerprint density at radius 2 is 1.12 bits per heavy atom. The summed E-state index contributed by atoms with van der Waals surface area (Å²) in [5.41, 5.74) is 1.37. The van der Waals surface area contributed by atoms with Crippen LogP contribution in [0.4, 0.5) is 0 Å². The topological polar surface area (TPSA) is 63.6 Å². The molecule has 128 valence electrons. The van der Waals surface area contributed by atoms with Crippen molar-refractivity contribution in [1.82, 2.24) is 0 Å². The van der Waals surface area contributed by atoms with E-state index in [2.05, 4.69) is 0 Å².